The van der Waals surface area contributed by atoms with Crippen LogP contribution in [0, 0.1) is 4.64 Å². The highest BCUT2D eigenvalue weighted by Gasteiger charge is 2.32. The molecule has 96 valence electrons. The number of aliphatic hydroxyl groups excluding tert-OH is 1. The molecule has 0 bridgehead atoms. The number of imidazole rings is 1. The van der Waals surface area contributed by atoms with E-state index in [4.69, 9.17) is 22.7 Å². The number of ether oxygens (including phenoxy) is 1. The Labute approximate surface area is 108 Å². The Morgan fingerprint density at radius 3 is 3.11 bits per heavy atom. The van der Waals surface area contributed by atoms with Crippen molar-refractivity contribution in [3.8, 4) is 0 Å². The number of nitrogen functional groups attached to an aromatic ring is 1. The number of fused-ring (bicyclic) bond motifs is 1. The Balaban J connectivity index is 2.11. The Hall–Kier alpha value is -1.51. The van der Waals surface area contributed by atoms with E-state index < -0.39 is 6.10 Å². The number of aromatic nitrogens is 4. The molecule has 0 aromatic carbocycles. The molecule has 2 aromatic heterocycles. The van der Waals surface area contributed by atoms with Crippen molar-refractivity contribution < 1.29 is 9.84 Å². The van der Waals surface area contributed by atoms with Gasteiger partial charge in [0.25, 0.3) is 0 Å². The van der Waals surface area contributed by atoms with Crippen molar-refractivity contribution in [2.75, 3.05) is 5.73 Å². The van der Waals surface area contributed by atoms with Crippen LogP contribution in [0.5, 0.6) is 0 Å². The van der Waals surface area contributed by atoms with Gasteiger partial charge in [-0.3, -0.25) is 4.57 Å². The second kappa shape index (κ2) is 4.01. The Morgan fingerprint density at radius 1 is 1.67 bits per heavy atom. The summed E-state index contributed by atoms with van der Waals surface area (Å²) in [7, 11) is 0. The van der Waals surface area contributed by atoms with Crippen molar-refractivity contribution in [3.63, 3.8) is 0 Å². The topological polar surface area (TPSA) is 102 Å². The van der Waals surface area contributed by atoms with Crippen molar-refractivity contribution in [3.05, 3.63) is 11.0 Å². The van der Waals surface area contributed by atoms with Crippen LogP contribution in [0.4, 0.5) is 5.95 Å². The molecule has 2 aromatic rings. The van der Waals surface area contributed by atoms with Crippen LogP contribution in [0.2, 0.25) is 0 Å². The highest BCUT2D eigenvalue weighted by atomic mass is 32.1. The summed E-state index contributed by atoms with van der Waals surface area (Å²) in [5.74, 6) is 0.237. The van der Waals surface area contributed by atoms with Gasteiger partial charge >= 0.3 is 0 Å². The van der Waals surface area contributed by atoms with Gasteiger partial charge in [0.15, 0.2) is 10.6 Å². The molecular weight excluding hydrogens is 254 g/mol. The van der Waals surface area contributed by atoms with Crippen molar-refractivity contribution >= 4 is 29.3 Å². The van der Waals surface area contributed by atoms with Crippen LogP contribution >= 0.6 is 12.2 Å². The van der Waals surface area contributed by atoms with Crippen LogP contribution in [0.25, 0.3) is 11.2 Å². The van der Waals surface area contributed by atoms with Crippen molar-refractivity contribution in [2.24, 2.45) is 0 Å². The van der Waals surface area contributed by atoms with E-state index in [-0.39, 0.29) is 18.3 Å². The van der Waals surface area contributed by atoms with Gasteiger partial charge < -0.3 is 20.6 Å². The highest BCUT2D eigenvalue weighted by Crippen LogP contribution is 2.30. The zero-order chi connectivity index (χ0) is 12.9. The number of anilines is 1. The third-order valence-corrected chi connectivity index (χ3v) is 3.42. The molecule has 7 nitrogen and oxygen atoms in total. The van der Waals surface area contributed by atoms with Gasteiger partial charge in [-0.2, -0.15) is 0 Å². The summed E-state index contributed by atoms with van der Waals surface area (Å²) in [4.78, 5) is 11.1. The maximum atomic E-state index is 9.72. The van der Waals surface area contributed by atoms with Gasteiger partial charge in [-0.15, -0.1) is 0 Å². The number of aliphatic hydroxyl groups is 1. The molecule has 0 spiro atoms. The number of aromatic amines is 1. The van der Waals surface area contributed by atoms with Crippen molar-refractivity contribution in [1.82, 2.24) is 19.5 Å². The molecule has 8 heteroatoms. The molecule has 1 unspecified atom stereocenters. The predicted molar refractivity (Wildman–Crippen MR) is 67.3 cm³/mol. The summed E-state index contributed by atoms with van der Waals surface area (Å²) in [5, 5.41) is 9.72. The standard InChI is InChI=1S/C10H13N5O2S/c1-4-5(16)2-6(17-4)15-3-12-7-8(15)13-10(11)14-9(7)18/h3-6,16H,2H2,1H3,(H3,11,13,14,18)/t4?,5-,6-/m1/s1. The molecule has 1 fully saturated rings. The molecule has 3 atom stereocenters. The summed E-state index contributed by atoms with van der Waals surface area (Å²) < 4.78 is 7.80. The Kier molecular flexibility index (Phi) is 2.58. The fraction of sp³-hybridized carbons (Fsp3) is 0.500. The molecule has 3 rings (SSSR count). The van der Waals surface area contributed by atoms with Crippen molar-refractivity contribution in [1.29, 1.82) is 0 Å². The molecule has 1 saturated heterocycles. The first-order chi connectivity index (χ1) is 8.56. The number of H-pyrrole nitrogens is 1. The molecule has 0 saturated carbocycles. The molecule has 3 heterocycles. The minimum absolute atomic E-state index is 0.199. The number of nitrogens with two attached hydrogens (primary N) is 1. The SMILES string of the molecule is CC1O[C@@H](n2cnc3c(=S)nc(N)[nH]c32)C[C@H]1O. The zero-order valence-electron chi connectivity index (χ0n) is 9.70. The van der Waals surface area contributed by atoms with E-state index in [0.29, 0.717) is 22.2 Å². The van der Waals surface area contributed by atoms with E-state index in [1.807, 2.05) is 6.92 Å². The van der Waals surface area contributed by atoms with Crippen LogP contribution in [0.3, 0.4) is 0 Å². The second-order valence-electron chi connectivity index (χ2n) is 4.38. The first-order valence-corrected chi connectivity index (χ1v) is 6.03. The fourth-order valence-corrected chi connectivity index (χ4v) is 2.39. The number of rotatable bonds is 1. The summed E-state index contributed by atoms with van der Waals surface area (Å²) in [6.07, 6.45) is 1.18. The Bertz CT molecular complexity index is 641. The predicted octanol–water partition coefficient (Wildman–Crippen LogP) is 0.739. The Morgan fingerprint density at radius 2 is 2.44 bits per heavy atom. The van der Waals surface area contributed by atoms with Crippen molar-refractivity contribution in [2.45, 2.75) is 31.8 Å². The van der Waals surface area contributed by atoms with Crippen LogP contribution in [-0.4, -0.2) is 36.8 Å². The summed E-state index contributed by atoms with van der Waals surface area (Å²) in [6, 6.07) is 0. The van der Waals surface area contributed by atoms with E-state index in [0.717, 1.165) is 0 Å². The highest BCUT2D eigenvalue weighted by molar-refractivity contribution is 7.71. The number of nitrogens with zero attached hydrogens (tertiary/aromatic N) is 3. The minimum Gasteiger partial charge on any atom is -0.390 e. The van der Waals surface area contributed by atoms with Crippen LogP contribution in [0.15, 0.2) is 6.33 Å². The van der Waals surface area contributed by atoms with Gasteiger partial charge in [-0.25, -0.2) is 9.97 Å². The third kappa shape index (κ3) is 1.69. The maximum absolute atomic E-state index is 9.72. The second-order valence-corrected chi connectivity index (χ2v) is 4.76. The van der Waals surface area contributed by atoms with Gasteiger partial charge in [-0.05, 0) is 6.92 Å². The number of hydrogen-bond acceptors (Lipinski definition) is 6. The summed E-state index contributed by atoms with van der Waals surface area (Å²) in [6.45, 7) is 1.84. The molecule has 1 aliphatic rings. The normalized spacial score (nSPS) is 28.0. The van der Waals surface area contributed by atoms with Crippen LogP contribution < -0.4 is 5.73 Å². The average Bonchev–Trinajstić information content (AvgIpc) is 2.83. The van der Waals surface area contributed by atoms with E-state index in [1.54, 1.807) is 10.9 Å². The summed E-state index contributed by atoms with van der Waals surface area (Å²) in [5.41, 5.74) is 6.89. The molecule has 18 heavy (non-hydrogen) atoms. The van der Waals surface area contributed by atoms with Gasteiger partial charge in [-0.1, -0.05) is 12.2 Å². The molecule has 0 aliphatic carbocycles. The summed E-state index contributed by atoms with van der Waals surface area (Å²) >= 11 is 5.10. The lowest BCUT2D eigenvalue weighted by molar-refractivity contribution is -0.00631. The fourth-order valence-electron chi connectivity index (χ4n) is 2.14. The molecular formula is C10H13N5O2S. The lowest BCUT2D eigenvalue weighted by Gasteiger charge is -2.12. The van der Waals surface area contributed by atoms with Gasteiger partial charge in [0, 0.05) is 6.42 Å². The van der Waals surface area contributed by atoms with E-state index in [2.05, 4.69) is 15.0 Å². The van der Waals surface area contributed by atoms with Gasteiger partial charge in [0.2, 0.25) is 0 Å². The third-order valence-electron chi connectivity index (χ3n) is 3.13. The van der Waals surface area contributed by atoms with E-state index >= 15 is 0 Å². The number of nitrogens with one attached hydrogen (secondary N) is 1. The van der Waals surface area contributed by atoms with Gasteiger partial charge in [0.05, 0.1) is 18.5 Å². The van der Waals surface area contributed by atoms with Crippen LogP contribution in [-0.2, 0) is 4.74 Å². The monoisotopic (exact) mass is 267 g/mol. The quantitative estimate of drug-likeness (QED) is 0.659. The molecule has 0 radical (unpaired) electrons. The van der Waals surface area contributed by atoms with Crippen LogP contribution in [0.1, 0.15) is 19.6 Å². The first kappa shape index (κ1) is 11.6. The number of hydrogen-bond donors (Lipinski definition) is 3. The first-order valence-electron chi connectivity index (χ1n) is 5.62. The van der Waals surface area contributed by atoms with E-state index in [9.17, 15) is 5.11 Å². The lowest BCUT2D eigenvalue weighted by atomic mass is 10.2. The average molecular weight is 267 g/mol. The van der Waals surface area contributed by atoms with Gasteiger partial charge in [0.1, 0.15) is 17.4 Å². The smallest absolute Gasteiger partial charge is 0.200 e. The maximum Gasteiger partial charge on any atom is 0.200 e. The molecule has 4 N–H and O–H groups in total. The van der Waals surface area contributed by atoms with E-state index in [1.165, 1.54) is 0 Å². The molecule has 1 aliphatic heterocycles. The minimum atomic E-state index is -0.477. The largest absolute Gasteiger partial charge is 0.390 e. The molecule has 0 amide bonds. The lowest BCUT2D eigenvalue weighted by Crippen LogP contribution is -2.15. The zero-order valence-corrected chi connectivity index (χ0v) is 10.5.